The number of aliphatic hydroxyl groups is 2. The van der Waals surface area contributed by atoms with Crippen molar-refractivity contribution in [1.82, 2.24) is 0 Å². The molecule has 2 N–H and O–H groups in total. The first-order valence-electron chi connectivity index (χ1n) is 10.3. The van der Waals surface area contributed by atoms with Crippen molar-refractivity contribution < 1.29 is 28.5 Å². The highest BCUT2D eigenvalue weighted by atomic mass is 35.5. The average molecular weight is 441 g/mol. The molecule has 0 fully saturated rings. The van der Waals surface area contributed by atoms with Crippen LogP contribution in [0.1, 0.15) is 43.2 Å². The number of hydrogen-bond acceptors (Lipinski definition) is 4. The van der Waals surface area contributed by atoms with E-state index in [1.165, 1.54) is 24.3 Å². The molecule has 2 aliphatic rings. The van der Waals surface area contributed by atoms with Gasteiger partial charge in [0.05, 0.1) is 12.2 Å². The summed E-state index contributed by atoms with van der Waals surface area (Å²) in [5, 5.41) is 21.0. The summed E-state index contributed by atoms with van der Waals surface area (Å²) in [6.07, 6.45) is 2.34. The summed E-state index contributed by atoms with van der Waals surface area (Å²) >= 11 is 0. The quantitative estimate of drug-likeness (QED) is 0.700. The van der Waals surface area contributed by atoms with E-state index in [0.717, 1.165) is 11.1 Å². The normalized spacial score (nSPS) is 21.9. The van der Waals surface area contributed by atoms with Crippen LogP contribution < -0.4 is 9.47 Å². The second-order valence-corrected chi connectivity index (χ2v) is 7.96. The highest BCUT2D eigenvalue weighted by Crippen LogP contribution is 2.32. The third-order valence-corrected chi connectivity index (χ3v) is 5.86. The summed E-state index contributed by atoms with van der Waals surface area (Å²) in [5.41, 5.74) is 1.66. The highest BCUT2D eigenvalue weighted by molar-refractivity contribution is 5.85. The molecule has 4 atom stereocenters. The van der Waals surface area contributed by atoms with Crippen molar-refractivity contribution in [3.63, 3.8) is 0 Å². The van der Waals surface area contributed by atoms with E-state index in [1.54, 1.807) is 12.1 Å². The molecule has 4 rings (SSSR count). The van der Waals surface area contributed by atoms with Gasteiger partial charge in [-0.2, -0.15) is 0 Å². The van der Waals surface area contributed by atoms with E-state index < -0.39 is 12.2 Å². The molecule has 2 aromatic rings. The first-order chi connectivity index (χ1) is 14.0. The smallest absolute Gasteiger partial charge is 0.125 e. The van der Waals surface area contributed by atoms with Gasteiger partial charge in [-0.1, -0.05) is 0 Å². The number of benzene rings is 2. The molecule has 30 heavy (non-hydrogen) atoms. The van der Waals surface area contributed by atoms with Crippen LogP contribution in [-0.4, -0.2) is 34.6 Å². The minimum atomic E-state index is -0.642. The third-order valence-electron chi connectivity index (χ3n) is 5.86. The van der Waals surface area contributed by atoms with Gasteiger partial charge in [0.1, 0.15) is 35.3 Å². The fourth-order valence-electron chi connectivity index (χ4n) is 4.21. The van der Waals surface area contributed by atoms with E-state index in [2.05, 4.69) is 0 Å². The lowest BCUT2D eigenvalue weighted by molar-refractivity contribution is 0.00133. The van der Waals surface area contributed by atoms with E-state index in [-0.39, 0.29) is 36.2 Å². The molecule has 0 saturated heterocycles. The van der Waals surface area contributed by atoms with Crippen molar-refractivity contribution in [1.29, 1.82) is 0 Å². The Morgan fingerprint density at radius 3 is 1.67 bits per heavy atom. The molecular formula is C23H27ClF2O4. The van der Waals surface area contributed by atoms with Gasteiger partial charge in [0.15, 0.2) is 0 Å². The topological polar surface area (TPSA) is 58.9 Å². The van der Waals surface area contributed by atoms with E-state index in [1.807, 2.05) is 0 Å². The Morgan fingerprint density at radius 2 is 1.23 bits per heavy atom. The van der Waals surface area contributed by atoms with Crippen LogP contribution >= 0.6 is 12.4 Å². The number of aryl methyl sites for hydroxylation is 2. The van der Waals surface area contributed by atoms with Crippen LogP contribution in [-0.2, 0) is 12.8 Å². The Bertz CT molecular complexity index is 794. The van der Waals surface area contributed by atoms with Gasteiger partial charge < -0.3 is 19.7 Å². The summed E-state index contributed by atoms with van der Waals surface area (Å²) in [4.78, 5) is 0. The van der Waals surface area contributed by atoms with Crippen LogP contribution in [0, 0.1) is 11.6 Å². The first-order valence-corrected chi connectivity index (χ1v) is 10.3. The minimum Gasteiger partial charge on any atom is -0.487 e. The number of hydrogen-bond donors (Lipinski definition) is 2. The Morgan fingerprint density at radius 1 is 0.800 bits per heavy atom. The van der Waals surface area contributed by atoms with Crippen LogP contribution in [0.25, 0.3) is 0 Å². The molecule has 2 aromatic carbocycles. The Hall–Kier alpha value is -1.89. The number of ether oxygens (including phenoxy) is 2. The summed E-state index contributed by atoms with van der Waals surface area (Å²) in [7, 11) is 0. The average Bonchev–Trinajstić information content (AvgIpc) is 2.72. The zero-order valence-corrected chi connectivity index (χ0v) is 17.4. The molecule has 0 amide bonds. The molecule has 164 valence electrons. The van der Waals surface area contributed by atoms with Crippen LogP contribution in [0.2, 0.25) is 0 Å². The monoisotopic (exact) mass is 440 g/mol. The van der Waals surface area contributed by atoms with Crippen molar-refractivity contribution in [2.75, 3.05) is 0 Å². The summed E-state index contributed by atoms with van der Waals surface area (Å²) in [6, 6.07) is 8.89. The number of rotatable bonds is 6. The second kappa shape index (κ2) is 9.94. The van der Waals surface area contributed by atoms with Gasteiger partial charge in [-0.3, -0.25) is 0 Å². The highest BCUT2D eigenvalue weighted by Gasteiger charge is 2.29. The van der Waals surface area contributed by atoms with E-state index in [9.17, 15) is 19.0 Å². The maximum atomic E-state index is 13.3. The number of halogens is 3. The molecule has 2 heterocycles. The molecule has 7 heteroatoms. The summed E-state index contributed by atoms with van der Waals surface area (Å²) in [5.74, 6) is 0.705. The van der Waals surface area contributed by atoms with E-state index >= 15 is 0 Å². The zero-order chi connectivity index (χ0) is 20.4. The van der Waals surface area contributed by atoms with Crippen molar-refractivity contribution in [3.05, 3.63) is 59.2 Å². The predicted octanol–water partition coefficient (Wildman–Crippen LogP) is 4.37. The fraction of sp³-hybridized carbons (Fsp3) is 0.478. The molecule has 0 radical (unpaired) electrons. The van der Waals surface area contributed by atoms with Gasteiger partial charge in [-0.05, 0) is 92.5 Å². The lowest BCUT2D eigenvalue weighted by Gasteiger charge is -2.31. The molecule has 0 aliphatic carbocycles. The van der Waals surface area contributed by atoms with Crippen molar-refractivity contribution >= 4 is 12.4 Å². The molecule has 0 saturated carbocycles. The fourth-order valence-corrected chi connectivity index (χ4v) is 4.21. The van der Waals surface area contributed by atoms with E-state index in [0.29, 0.717) is 56.4 Å². The van der Waals surface area contributed by atoms with Crippen molar-refractivity contribution in [2.24, 2.45) is 0 Å². The zero-order valence-electron chi connectivity index (χ0n) is 16.6. The number of aliphatic hydroxyl groups excluding tert-OH is 2. The first kappa shape index (κ1) is 22.8. The lowest BCUT2D eigenvalue weighted by Crippen LogP contribution is -2.36. The maximum absolute atomic E-state index is 13.3. The molecular weight excluding hydrogens is 414 g/mol. The van der Waals surface area contributed by atoms with Crippen LogP contribution in [0.4, 0.5) is 8.78 Å². The third kappa shape index (κ3) is 5.23. The number of fused-ring (bicyclic) bond motifs is 2. The minimum absolute atomic E-state index is 0. The molecule has 0 unspecified atom stereocenters. The van der Waals surface area contributed by atoms with Crippen LogP contribution in [0.15, 0.2) is 36.4 Å². The van der Waals surface area contributed by atoms with Crippen LogP contribution in [0.3, 0.4) is 0 Å². The largest absolute Gasteiger partial charge is 0.487 e. The van der Waals surface area contributed by atoms with Gasteiger partial charge in [-0.25, -0.2) is 8.78 Å². The predicted molar refractivity (Wildman–Crippen MR) is 111 cm³/mol. The Balaban J connectivity index is 0.00000256. The standard InChI is InChI=1S/C23H26F2O4.ClH/c24-16-6-10-20-14(12-16)4-8-22(28-20)18(26)2-1-3-19(27)23-9-5-15-13-17(25)7-11-21(15)29-23;/h6-7,10-13,18-19,22-23,26-27H,1-5,8-9H2;1H/t18-,19-,22-,23+;/m1./s1. The van der Waals surface area contributed by atoms with Gasteiger partial charge in [0.2, 0.25) is 0 Å². The van der Waals surface area contributed by atoms with Crippen molar-refractivity contribution in [2.45, 2.75) is 69.4 Å². The maximum Gasteiger partial charge on any atom is 0.125 e. The lowest BCUT2D eigenvalue weighted by atomic mass is 9.94. The SMILES string of the molecule is Cl.O[C@H](CCC[C@@H](O)[C@H]1CCc2cc(F)ccc2O1)[C@@H]1CCc2cc(F)ccc2O1. The molecule has 2 aliphatic heterocycles. The van der Waals surface area contributed by atoms with Gasteiger partial charge in [-0.15, -0.1) is 12.4 Å². The second-order valence-electron chi connectivity index (χ2n) is 7.96. The molecule has 0 bridgehead atoms. The van der Waals surface area contributed by atoms with E-state index in [4.69, 9.17) is 9.47 Å². The van der Waals surface area contributed by atoms with Gasteiger partial charge in [0, 0.05) is 0 Å². The van der Waals surface area contributed by atoms with Crippen molar-refractivity contribution in [3.8, 4) is 11.5 Å². The Labute approximate surface area is 181 Å². The molecule has 4 nitrogen and oxygen atoms in total. The van der Waals surface area contributed by atoms with Gasteiger partial charge in [0.25, 0.3) is 0 Å². The van der Waals surface area contributed by atoms with Crippen LogP contribution in [0.5, 0.6) is 11.5 Å². The Kier molecular flexibility index (Phi) is 7.55. The molecule has 0 aromatic heterocycles. The molecule has 0 spiro atoms. The summed E-state index contributed by atoms with van der Waals surface area (Å²) in [6.45, 7) is 0. The summed E-state index contributed by atoms with van der Waals surface area (Å²) < 4.78 is 38.3. The van der Waals surface area contributed by atoms with Gasteiger partial charge >= 0.3 is 0 Å².